The molecule has 0 atom stereocenters. The normalized spacial score (nSPS) is 23.0. The Hall–Kier alpha value is -0.900. The first kappa shape index (κ1) is 18.4. The van der Waals surface area contributed by atoms with Gasteiger partial charge >= 0.3 is 0 Å². The second kappa shape index (κ2) is 7.33. The van der Waals surface area contributed by atoms with Gasteiger partial charge in [0.25, 0.3) is 0 Å². The average molecular weight is 338 g/mol. The molecular weight excluding hydrogens is 306 g/mol. The van der Waals surface area contributed by atoms with Gasteiger partial charge in [-0.05, 0) is 76.8 Å². The van der Waals surface area contributed by atoms with Crippen molar-refractivity contribution in [1.29, 1.82) is 0 Å². The van der Waals surface area contributed by atoms with Gasteiger partial charge in [-0.25, -0.2) is 8.42 Å². The van der Waals surface area contributed by atoms with Crippen LogP contribution in [0.3, 0.4) is 0 Å². The van der Waals surface area contributed by atoms with Crippen molar-refractivity contribution in [2.75, 3.05) is 5.75 Å². The molecule has 2 rings (SSSR count). The predicted octanol–water partition coefficient (Wildman–Crippen LogP) is 4.34. The average Bonchev–Trinajstić information content (AvgIpc) is 2.47. The summed E-state index contributed by atoms with van der Waals surface area (Å²) in [5.41, 5.74) is 2.38. The highest BCUT2D eigenvalue weighted by Crippen LogP contribution is 2.33. The van der Waals surface area contributed by atoms with Crippen LogP contribution < -0.4 is 0 Å². The van der Waals surface area contributed by atoms with Gasteiger partial charge in [-0.1, -0.05) is 18.9 Å². The highest BCUT2D eigenvalue weighted by Gasteiger charge is 2.33. The van der Waals surface area contributed by atoms with E-state index in [1.54, 1.807) is 0 Å². The van der Waals surface area contributed by atoms with Gasteiger partial charge in [-0.3, -0.25) is 4.98 Å². The molecule has 1 aromatic rings. The minimum absolute atomic E-state index is 0.355. The minimum atomic E-state index is -2.98. The van der Waals surface area contributed by atoms with Gasteiger partial charge in [0.2, 0.25) is 0 Å². The lowest BCUT2D eigenvalue weighted by Gasteiger charge is -2.30. The molecule has 1 aromatic heterocycles. The molecule has 3 nitrogen and oxygen atoms in total. The van der Waals surface area contributed by atoms with Gasteiger partial charge in [0.15, 0.2) is 9.84 Å². The molecule has 130 valence electrons. The molecule has 0 aromatic carbocycles. The first-order chi connectivity index (χ1) is 10.7. The van der Waals surface area contributed by atoms with E-state index >= 15 is 0 Å². The molecule has 0 amide bonds. The maximum atomic E-state index is 12.3. The third-order valence-electron chi connectivity index (χ3n) is 5.14. The molecule has 4 heteroatoms. The monoisotopic (exact) mass is 337 g/mol. The molecule has 0 radical (unpaired) electrons. The van der Waals surface area contributed by atoms with Gasteiger partial charge in [0.05, 0.1) is 10.5 Å². The Morgan fingerprint density at radius 1 is 1.09 bits per heavy atom. The predicted molar refractivity (Wildman–Crippen MR) is 96.3 cm³/mol. The molecule has 0 saturated heterocycles. The molecule has 1 aliphatic rings. The Balaban J connectivity index is 1.77. The van der Waals surface area contributed by atoms with E-state index in [1.807, 2.05) is 27.0 Å². The number of aryl methyl sites for hydroxylation is 2. The summed E-state index contributed by atoms with van der Waals surface area (Å²) in [5, 5.41) is 0. The van der Waals surface area contributed by atoms with Crippen LogP contribution in [-0.4, -0.2) is 23.9 Å². The fourth-order valence-corrected chi connectivity index (χ4v) is 4.70. The fourth-order valence-electron chi connectivity index (χ4n) is 3.25. The number of rotatable bonds is 5. The summed E-state index contributed by atoms with van der Waals surface area (Å²) in [4.78, 5) is 4.47. The molecule has 0 N–H and O–H groups in total. The summed E-state index contributed by atoms with van der Waals surface area (Å²) in [6.07, 6.45) is 8.59. The first-order valence-corrected chi connectivity index (χ1v) is 10.5. The summed E-state index contributed by atoms with van der Waals surface area (Å²) in [7, 11) is -2.98. The quantitative estimate of drug-likeness (QED) is 0.803. The summed E-state index contributed by atoms with van der Waals surface area (Å²) < 4.78 is 24.0. The summed E-state index contributed by atoms with van der Waals surface area (Å²) in [6.45, 7) is 7.48. The van der Waals surface area contributed by atoms with Gasteiger partial charge < -0.3 is 0 Å². The number of hydrogen-bond donors (Lipinski definition) is 0. The van der Waals surface area contributed by atoms with Crippen molar-refractivity contribution in [3.63, 3.8) is 0 Å². The molecule has 0 unspecified atom stereocenters. The smallest absolute Gasteiger partial charge is 0.155 e. The summed E-state index contributed by atoms with van der Waals surface area (Å²) in [5.74, 6) is 1.45. The van der Waals surface area contributed by atoms with Crippen molar-refractivity contribution >= 4 is 9.84 Å². The van der Waals surface area contributed by atoms with E-state index in [1.165, 1.54) is 17.7 Å². The van der Waals surface area contributed by atoms with Gasteiger partial charge in [-0.2, -0.15) is 0 Å². The van der Waals surface area contributed by atoms with Gasteiger partial charge in [0.1, 0.15) is 0 Å². The molecule has 1 aliphatic carbocycles. The lowest BCUT2D eigenvalue weighted by Crippen LogP contribution is -2.34. The van der Waals surface area contributed by atoms with E-state index in [9.17, 15) is 8.42 Å². The van der Waals surface area contributed by atoms with Gasteiger partial charge in [-0.15, -0.1) is 0 Å². The Morgan fingerprint density at radius 2 is 1.70 bits per heavy atom. The lowest BCUT2D eigenvalue weighted by atomic mass is 9.80. The maximum Gasteiger partial charge on any atom is 0.155 e. The van der Waals surface area contributed by atoms with Crippen LogP contribution in [0.15, 0.2) is 18.3 Å². The number of hydrogen-bond acceptors (Lipinski definition) is 3. The molecule has 1 fully saturated rings. The topological polar surface area (TPSA) is 47.0 Å². The van der Waals surface area contributed by atoms with Crippen molar-refractivity contribution in [2.24, 2.45) is 11.8 Å². The maximum absolute atomic E-state index is 12.3. The van der Waals surface area contributed by atoms with Gasteiger partial charge in [0, 0.05) is 11.9 Å². The lowest BCUT2D eigenvalue weighted by molar-refractivity contribution is 0.277. The second-order valence-electron chi connectivity index (χ2n) is 8.15. The van der Waals surface area contributed by atoms with Crippen LogP contribution in [0.25, 0.3) is 0 Å². The van der Waals surface area contributed by atoms with Crippen molar-refractivity contribution in [2.45, 2.75) is 71.0 Å². The van der Waals surface area contributed by atoms with Crippen LogP contribution in [0.5, 0.6) is 0 Å². The summed E-state index contributed by atoms with van der Waals surface area (Å²) >= 11 is 0. The summed E-state index contributed by atoms with van der Waals surface area (Å²) in [6, 6.07) is 4.24. The van der Waals surface area contributed by atoms with Crippen LogP contribution in [0, 0.1) is 18.8 Å². The molecule has 0 bridgehead atoms. The molecular formula is C19H31NO2S. The first-order valence-electron chi connectivity index (χ1n) is 8.81. The fraction of sp³-hybridized carbons (Fsp3) is 0.737. The van der Waals surface area contributed by atoms with E-state index in [4.69, 9.17) is 0 Å². The third kappa shape index (κ3) is 5.30. The van der Waals surface area contributed by atoms with E-state index in [-0.39, 0.29) is 0 Å². The van der Waals surface area contributed by atoms with Crippen molar-refractivity contribution in [3.8, 4) is 0 Å². The van der Waals surface area contributed by atoms with E-state index in [0.717, 1.165) is 38.0 Å². The zero-order chi connectivity index (χ0) is 17.1. The Kier molecular flexibility index (Phi) is 5.88. The number of aromatic nitrogens is 1. The molecule has 1 saturated carbocycles. The standard InChI is InChI=1S/C19H31NO2S/c1-15-5-11-18(20-13-15)12-10-16-6-8-17(9-7-16)14-23(21,22)19(2,3)4/h5,11,13,16-17H,6-10,12,14H2,1-4H3. The van der Waals surface area contributed by atoms with Crippen LogP contribution in [0.4, 0.5) is 0 Å². The number of nitrogens with zero attached hydrogens (tertiary/aromatic N) is 1. The van der Waals surface area contributed by atoms with Crippen LogP contribution in [-0.2, 0) is 16.3 Å². The number of pyridine rings is 1. The van der Waals surface area contributed by atoms with E-state index in [0.29, 0.717) is 11.7 Å². The molecule has 0 spiro atoms. The zero-order valence-electron chi connectivity index (χ0n) is 15.0. The van der Waals surface area contributed by atoms with E-state index < -0.39 is 14.6 Å². The Bertz CT molecular complexity index is 591. The molecule has 0 aliphatic heterocycles. The Morgan fingerprint density at radius 3 is 2.22 bits per heavy atom. The largest absolute Gasteiger partial charge is 0.261 e. The highest BCUT2D eigenvalue weighted by atomic mass is 32.2. The molecule has 23 heavy (non-hydrogen) atoms. The second-order valence-corrected chi connectivity index (χ2v) is 10.9. The highest BCUT2D eigenvalue weighted by molar-refractivity contribution is 7.92. The SMILES string of the molecule is Cc1ccc(CCC2CCC(CS(=O)(=O)C(C)(C)C)CC2)nc1. The van der Waals surface area contributed by atoms with Crippen molar-refractivity contribution in [1.82, 2.24) is 4.98 Å². The Labute approximate surface area is 141 Å². The van der Waals surface area contributed by atoms with Crippen molar-refractivity contribution in [3.05, 3.63) is 29.6 Å². The minimum Gasteiger partial charge on any atom is -0.261 e. The molecule has 1 heterocycles. The number of sulfone groups is 1. The van der Waals surface area contributed by atoms with Crippen LogP contribution >= 0.6 is 0 Å². The van der Waals surface area contributed by atoms with Crippen LogP contribution in [0.1, 0.15) is 64.1 Å². The van der Waals surface area contributed by atoms with E-state index in [2.05, 4.69) is 24.0 Å². The van der Waals surface area contributed by atoms with Crippen LogP contribution in [0.2, 0.25) is 0 Å². The zero-order valence-corrected chi connectivity index (χ0v) is 15.8. The third-order valence-corrected chi connectivity index (χ3v) is 7.91. The van der Waals surface area contributed by atoms with Crippen molar-refractivity contribution < 1.29 is 8.42 Å².